The third kappa shape index (κ3) is 4.59. The van der Waals surface area contributed by atoms with E-state index in [0.29, 0.717) is 12.5 Å². The van der Waals surface area contributed by atoms with Crippen molar-refractivity contribution in [3.63, 3.8) is 0 Å². The van der Waals surface area contributed by atoms with Crippen LogP contribution >= 0.6 is 7.29 Å². The highest BCUT2D eigenvalue weighted by atomic mass is 31.2. The number of aliphatic imine (C=N–C) groups is 1. The van der Waals surface area contributed by atoms with Gasteiger partial charge in [-0.2, -0.15) is 0 Å². The number of rotatable bonds is 6. The first-order valence-corrected chi connectivity index (χ1v) is 13.3. The maximum atomic E-state index is 14.8. The molecule has 0 N–H and O–H groups in total. The molecule has 0 aromatic heterocycles. The number of ether oxygens (including phenoxy) is 1. The van der Waals surface area contributed by atoms with E-state index in [1.165, 1.54) is 0 Å². The zero-order valence-corrected chi connectivity index (χ0v) is 19.6. The monoisotopic (exact) mass is 456 g/mol. The van der Waals surface area contributed by atoms with E-state index in [2.05, 4.69) is 22.9 Å². The zero-order valence-electron chi connectivity index (χ0n) is 18.7. The van der Waals surface area contributed by atoms with Crippen LogP contribution in [0.25, 0.3) is 0 Å². The van der Waals surface area contributed by atoms with Crippen LogP contribution in [0.4, 0.5) is 0 Å². The van der Waals surface area contributed by atoms with Crippen LogP contribution in [0.2, 0.25) is 0 Å². The average molecular weight is 457 g/mol. The predicted molar refractivity (Wildman–Crippen MR) is 136 cm³/mol. The lowest BCUT2D eigenvalue weighted by Gasteiger charge is -2.40. The van der Waals surface area contributed by atoms with Gasteiger partial charge in [0, 0.05) is 23.2 Å². The van der Waals surface area contributed by atoms with E-state index in [9.17, 15) is 4.57 Å². The molecule has 2 aliphatic heterocycles. The molecular formula is C28H29N2O2P. The summed E-state index contributed by atoms with van der Waals surface area (Å²) in [5, 5.41) is 1.77. The average Bonchev–Trinajstić information content (AvgIpc) is 3.38. The van der Waals surface area contributed by atoms with Gasteiger partial charge in [-0.3, -0.25) is 4.57 Å². The van der Waals surface area contributed by atoms with Gasteiger partial charge in [-0.25, -0.2) is 9.66 Å². The molecule has 2 atom stereocenters. The zero-order chi connectivity index (χ0) is 22.5. The van der Waals surface area contributed by atoms with Crippen LogP contribution < -0.4 is 10.6 Å². The maximum Gasteiger partial charge on any atom is 0.209 e. The number of benzene rings is 3. The Labute approximate surface area is 196 Å². The lowest BCUT2D eigenvalue weighted by molar-refractivity contribution is 0.294. The van der Waals surface area contributed by atoms with Crippen LogP contribution in [0.5, 0.6) is 0 Å². The second kappa shape index (κ2) is 9.91. The summed E-state index contributed by atoms with van der Waals surface area (Å²) in [5.74, 6) is 0.656. The van der Waals surface area contributed by atoms with Gasteiger partial charge in [0.05, 0.1) is 0 Å². The van der Waals surface area contributed by atoms with Crippen molar-refractivity contribution in [2.45, 2.75) is 31.3 Å². The van der Waals surface area contributed by atoms with Gasteiger partial charge in [0.2, 0.25) is 13.2 Å². The minimum atomic E-state index is -2.98. The molecule has 168 valence electrons. The summed E-state index contributed by atoms with van der Waals surface area (Å²) >= 11 is 0. The molecule has 3 aromatic carbocycles. The third-order valence-electron chi connectivity index (χ3n) is 6.41. The first-order chi connectivity index (χ1) is 16.2. The summed E-state index contributed by atoms with van der Waals surface area (Å²) in [6.07, 6.45) is 7.25. The molecule has 1 fully saturated rings. The van der Waals surface area contributed by atoms with Crippen LogP contribution in [-0.2, 0) is 9.30 Å². The molecule has 0 aliphatic carbocycles. The topological polar surface area (TPSA) is 41.9 Å². The Bertz CT molecular complexity index is 1120. The molecule has 2 aliphatic rings. The number of piperidine rings is 1. The number of hydrogen-bond acceptors (Lipinski definition) is 3. The number of nitrogens with zero attached hydrogens (tertiary/aromatic N) is 2. The first-order valence-electron chi connectivity index (χ1n) is 11.7. The van der Waals surface area contributed by atoms with Crippen LogP contribution in [-0.4, -0.2) is 29.8 Å². The molecule has 0 radical (unpaired) electrons. The van der Waals surface area contributed by atoms with Crippen LogP contribution in [0.15, 0.2) is 108 Å². The smallest absolute Gasteiger partial charge is 0.209 e. The first kappa shape index (κ1) is 21.9. The van der Waals surface area contributed by atoms with E-state index < -0.39 is 7.29 Å². The quantitative estimate of drug-likeness (QED) is 0.460. The summed E-state index contributed by atoms with van der Waals surface area (Å²) in [4.78, 5) is 4.77. The molecule has 5 rings (SSSR count). The summed E-state index contributed by atoms with van der Waals surface area (Å²) in [6, 6.07) is 30.2. The summed E-state index contributed by atoms with van der Waals surface area (Å²) in [5.41, 5.74) is 1.16. The largest absolute Gasteiger partial charge is 0.475 e. The van der Waals surface area contributed by atoms with E-state index in [0.717, 1.165) is 42.0 Å². The van der Waals surface area contributed by atoms with Gasteiger partial charge in [0.1, 0.15) is 12.6 Å². The molecule has 33 heavy (non-hydrogen) atoms. The van der Waals surface area contributed by atoms with Crippen molar-refractivity contribution in [1.29, 1.82) is 0 Å². The molecule has 0 bridgehead atoms. The van der Waals surface area contributed by atoms with Crippen molar-refractivity contribution in [2.24, 2.45) is 4.99 Å². The molecule has 2 heterocycles. The van der Waals surface area contributed by atoms with Gasteiger partial charge < -0.3 is 4.74 Å². The summed E-state index contributed by atoms with van der Waals surface area (Å²) in [7, 11) is -2.98. The lowest BCUT2D eigenvalue weighted by atomic mass is 10.0. The molecule has 0 unspecified atom stereocenters. The maximum absolute atomic E-state index is 14.8. The van der Waals surface area contributed by atoms with Gasteiger partial charge in [-0.1, -0.05) is 79.2 Å². The summed E-state index contributed by atoms with van der Waals surface area (Å²) < 4.78 is 22.9. The van der Waals surface area contributed by atoms with E-state index in [1.807, 2.05) is 84.9 Å². The Morgan fingerprint density at radius 2 is 1.45 bits per heavy atom. The highest BCUT2D eigenvalue weighted by molar-refractivity contribution is 7.76. The molecule has 0 spiro atoms. The standard InChI is InChI=1S/C28H29N2O2P/c31-33(25-15-6-2-7-16-25,26-17-8-3-9-18-26)30-21-11-10-14-24(30)19-20-28-29-27(22-32-28)23-12-4-1-5-13-23/h1-9,12-13,15-20,24,27H,10-11,14,21-22H2/b20-19-/t24-,27+/m0/s1. The lowest BCUT2D eigenvalue weighted by Crippen LogP contribution is -2.41. The van der Waals surface area contributed by atoms with Crippen LogP contribution in [0.3, 0.4) is 0 Å². The highest BCUT2D eigenvalue weighted by Crippen LogP contribution is 2.51. The molecule has 0 amide bonds. The van der Waals surface area contributed by atoms with E-state index in [-0.39, 0.29) is 12.1 Å². The predicted octanol–water partition coefficient (Wildman–Crippen LogP) is 5.50. The fraction of sp³-hybridized carbons (Fsp3) is 0.250. The van der Waals surface area contributed by atoms with Crippen molar-refractivity contribution >= 4 is 23.8 Å². The molecule has 4 nitrogen and oxygen atoms in total. The molecule has 1 saturated heterocycles. The van der Waals surface area contributed by atoms with Crippen molar-refractivity contribution in [3.8, 4) is 0 Å². The highest BCUT2D eigenvalue weighted by Gasteiger charge is 2.39. The van der Waals surface area contributed by atoms with Gasteiger partial charge in [-0.05, 0) is 48.7 Å². The van der Waals surface area contributed by atoms with Crippen LogP contribution in [0.1, 0.15) is 30.9 Å². The molecule has 3 aromatic rings. The van der Waals surface area contributed by atoms with E-state index >= 15 is 0 Å². The van der Waals surface area contributed by atoms with Crippen molar-refractivity contribution in [2.75, 3.05) is 13.2 Å². The van der Waals surface area contributed by atoms with E-state index in [4.69, 9.17) is 9.73 Å². The fourth-order valence-electron chi connectivity index (χ4n) is 4.72. The SMILES string of the molecule is O=P(c1ccccc1)(c1ccccc1)N1CCCC[C@H]1/C=C\C1=N[C@@H](c2ccccc2)CO1. The second-order valence-electron chi connectivity index (χ2n) is 8.54. The Hall–Kier alpha value is -2.94. The van der Waals surface area contributed by atoms with Crippen molar-refractivity contribution < 1.29 is 9.30 Å². The Morgan fingerprint density at radius 3 is 2.09 bits per heavy atom. The summed E-state index contributed by atoms with van der Waals surface area (Å²) in [6.45, 7) is 1.36. The normalized spacial score (nSPS) is 21.6. The fourth-order valence-corrected chi connectivity index (χ4v) is 7.79. The van der Waals surface area contributed by atoms with E-state index in [1.54, 1.807) is 0 Å². The van der Waals surface area contributed by atoms with Crippen molar-refractivity contribution in [3.05, 3.63) is 109 Å². The van der Waals surface area contributed by atoms with Crippen LogP contribution in [0, 0.1) is 0 Å². The Balaban J connectivity index is 1.45. The third-order valence-corrected chi connectivity index (χ3v) is 9.63. The van der Waals surface area contributed by atoms with Crippen molar-refractivity contribution in [1.82, 2.24) is 4.67 Å². The van der Waals surface area contributed by atoms with Gasteiger partial charge in [0.15, 0.2) is 0 Å². The molecule has 0 saturated carbocycles. The number of hydrogen-bond donors (Lipinski definition) is 0. The Morgan fingerprint density at radius 1 is 0.848 bits per heavy atom. The second-order valence-corrected chi connectivity index (χ2v) is 11.2. The molecular weight excluding hydrogens is 427 g/mol. The van der Waals surface area contributed by atoms with Gasteiger partial charge in [-0.15, -0.1) is 0 Å². The van der Waals surface area contributed by atoms with Gasteiger partial charge in [0.25, 0.3) is 0 Å². The minimum Gasteiger partial charge on any atom is -0.475 e. The Kier molecular flexibility index (Phi) is 6.57. The van der Waals surface area contributed by atoms with Gasteiger partial charge >= 0.3 is 0 Å². The molecule has 5 heteroatoms. The minimum absolute atomic E-state index is 0.0352.